The van der Waals surface area contributed by atoms with E-state index in [4.69, 9.17) is 4.74 Å². The number of hydrogen-bond acceptors (Lipinski definition) is 2. The van der Waals surface area contributed by atoms with Gasteiger partial charge in [-0.2, -0.15) is 0 Å². The van der Waals surface area contributed by atoms with E-state index in [1.807, 2.05) is 0 Å². The molecule has 1 rings (SSSR count). The standard InChI is InChI=1S/C15H18FNO2/c1-11(17-14(18)19-15(2,3)4)5-6-12-7-9-13(16)10-8-12/h7-11H,1-4H3,(H,17,18). The molecule has 0 radical (unpaired) electrons. The molecule has 0 saturated heterocycles. The van der Waals surface area contributed by atoms with Gasteiger partial charge in [0.2, 0.25) is 0 Å². The Morgan fingerprint density at radius 2 is 1.89 bits per heavy atom. The van der Waals surface area contributed by atoms with Crippen LogP contribution in [0.2, 0.25) is 0 Å². The van der Waals surface area contributed by atoms with E-state index in [2.05, 4.69) is 17.2 Å². The van der Waals surface area contributed by atoms with Gasteiger partial charge in [0.1, 0.15) is 11.4 Å². The van der Waals surface area contributed by atoms with Gasteiger partial charge in [-0.3, -0.25) is 0 Å². The van der Waals surface area contributed by atoms with Gasteiger partial charge in [-0.05, 0) is 52.0 Å². The van der Waals surface area contributed by atoms with Crippen LogP contribution in [-0.2, 0) is 4.74 Å². The van der Waals surface area contributed by atoms with E-state index < -0.39 is 11.7 Å². The number of alkyl carbamates (subject to hydrolysis) is 1. The third-order valence-electron chi connectivity index (χ3n) is 2.01. The minimum atomic E-state index is -0.534. The number of benzene rings is 1. The second-order valence-corrected chi connectivity index (χ2v) is 5.14. The van der Waals surface area contributed by atoms with Crippen LogP contribution >= 0.6 is 0 Å². The molecule has 1 aromatic carbocycles. The van der Waals surface area contributed by atoms with Crippen molar-refractivity contribution in [3.8, 4) is 11.8 Å². The highest BCUT2D eigenvalue weighted by atomic mass is 19.1. The van der Waals surface area contributed by atoms with Crippen molar-refractivity contribution in [3.63, 3.8) is 0 Å². The van der Waals surface area contributed by atoms with Crippen molar-refractivity contribution >= 4 is 6.09 Å². The zero-order valence-corrected chi connectivity index (χ0v) is 11.6. The van der Waals surface area contributed by atoms with E-state index >= 15 is 0 Å². The Hall–Kier alpha value is -2.02. The Morgan fingerprint density at radius 3 is 2.42 bits per heavy atom. The molecule has 1 atom stereocenters. The molecule has 0 bridgehead atoms. The number of carbonyl (C=O) groups is 1. The largest absolute Gasteiger partial charge is 0.444 e. The average molecular weight is 263 g/mol. The predicted octanol–water partition coefficient (Wildman–Crippen LogP) is 3.09. The molecule has 0 saturated carbocycles. The second-order valence-electron chi connectivity index (χ2n) is 5.14. The topological polar surface area (TPSA) is 38.3 Å². The van der Waals surface area contributed by atoms with Gasteiger partial charge in [-0.15, -0.1) is 0 Å². The van der Waals surface area contributed by atoms with Gasteiger partial charge >= 0.3 is 6.09 Å². The molecule has 102 valence electrons. The molecule has 0 aliphatic carbocycles. The first-order valence-corrected chi connectivity index (χ1v) is 6.03. The van der Waals surface area contributed by atoms with Crippen LogP contribution in [0.25, 0.3) is 0 Å². The number of carbonyl (C=O) groups excluding carboxylic acids is 1. The fraction of sp³-hybridized carbons (Fsp3) is 0.400. The van der Waals surface area contributed by atoms with Gasteiger partial charge in [-0.1, -0.05) is 11.8 Å². The van der Waals surface area contributed by atoms with Gasteiger partial charge in [0.25, 0.3) is 0 Å². The molecule has 0 heterocycles. The predicted molar refractivity (Wildman–Crippen MR) is 72.1 cm³/mol. The van der Waals surface area contributed by atoms with Gasteiger partial charge in [0.15, 0.2) is 0 Å². The van der Waals surface area contributed by atoms with Crippen molar-refractivity contribution in [2.24, 2.45) is 0 Å². The summed E-state index contributed by atoms with van der Waals surface area (Å²) in [5.74, 6) is 5.40. The van der Waals surface area contributed by atoms with Crippen molar-refractivity contribution in [2.45, 2.75) is 39.3 Å². The molecule has 19 heavy (non-hydrogen) atoms. The third-order valence-corrected chi connectivity index (χ3v) is 2.01. The molecule has 4 heteroatoms. The number of hydrogen-bond donors (Lipinski definition) is 1. The third kappa shape index (κ3) is 6.46. The van der Waals surface area contributed by atoms with Crippen molar-refractivity contribution in [3.05, 3.63) is 35.6 Å². The summed E-state index contributed by atoms with van der Waals surface area (Å²) in [7, 11) is 0. The fourth-order valence-electron chi connectivity index (χ4n) is 1.25. The van der Waals surface area contributed by atoms with E-state index in [1.54, 1.807) is 39.8 Å². The maximum absolute atomic E-state index is 12.7. The van der Waals surface area contributed by atoms with E-state index in [0.717, 1.165) is 0 Å². The second kappa shape index (κ2) is 6.24. The molecule has 1 amide bonds. The highest BCUT2D eigenvalue weighted by Crippen LogP contribution is 2.06. The SMILES string of the molecule is CC(C#Cc1ccc(F)cc1)NC(=O)OC(C)(C)C. The molecular formula is C15H18FNO2. The maximum Gasteiger partial charge on any atom is 0.408 e. The van der Waals surface area contributed by atoms with Crippen LogP contribution in [0.4, 0.5) is 9.18 Å². The lowest BCUT2D eigenvalue weighted by Crippen LogP contribution is -2.37. The Morgan fingerprint density at radius 1 is 1.32 bits per heavy atom. The molecule has 1 unspecified atom stereocenters. The van der Waals surface area contributed by atoms with Gasteiger partial charge in [0.05, 0.1) is 6.04 Å². The van der Waals surface area contributed by atoms with Crippen LogP contribution in [-0.4, -0.2) is 17.7 Å². The summed E-state index contributed by atoms with van der Waals surface area (Å²) in [5.41, 5.74) is 0.160. The monoisotopic (exact) mass is 263 g/mol. The van der Waals surface area contributed by atoms with Crippen molar-refractivity contribution in [2.75, 3.05) is 0 Å². The number of rotatable bonds is 1. The smallest absolute Gasteiger partial charge is 0.408 e. The van der Waals surface area contributed by atoms with Crippen LogP contribution in [0, 0.1) is 17.7 Å². The summed E-state index contributed by atoms with van der Waals surface area (Å²) in [6.07, 6.45) is -0.506. The summed E-state index contributed by atoms with van der Waals surface area (Å²) in [4.78, 5) is 11.5. The first-order valence-electron chi connectivity index (χ1n) is 6.03. The van der Waals surface area contributed by atoms with E-state index in [-0.39, 0.29) is 11.9 Å². The molecule has 0 aliphatic heterocycles. The number of ether oxygens (including phenoxy) is 1. The minimum Gasteiger partial charge on any atom is -0.444 e. The molecular weight excluding hydrogens is 245 g/mol. The van der Waals surface area contributed by atoms with Crippen LogP contribution in [0.3, 0.4) is 0 Å². The van der Waals surface area contributed by atoms with Crippen molar-refractivity contribution in [1.29, 1.82) is 0 Å². The number of nitrogens with one attached hydrogen (secondary N) is 1. The van der Waals surface area contributed by atoms with Crippen LogP contribution in [0.15, 0.2) is 24.3 Å². The summed E-state index contributed by atoms with van der Waals surface area (Å²) in [6, 6.07) is 5.51. The van der Waals surface area contributed by atoms with Crippen LogP contribution < -0.4 is 5.32 Å². The first-order chi connectivity index (χ1) is 8.76. The lowest BCUT2D eigenvalue weighted by molar-refractivity contribution is 0.0519. The van der Waals surface area contributed by atoms with Crippen molar-refractivity contribution < 1.29 is 13.9 Å². The minimum absolute atomic E-state index is 0.300. The summed E-state index contributed by atoms with van der Waals surface area (Å²) in [5, 5.41) is 2.61. The van der Waals surface area contributed by atoms with Gasteiger partial charge < -0.3 is 10.1 Å². The van der Waals surface area contributed by atoms with Crippen LogP contribution in [0.5, 0.6) is 0 Å². The van der Waals surface area contributed by atoms with Gasteiger partial charge in [0, 0.05) is 5.56 Å². The van der Waals surface area contributed by atoms with E-state index in [1.165, 1.54) is 12.1 Å². The number of amides is 1. The van der Waals surface area contributed by atoms with Crippen LogP contribution in [0.1, 0.15) is 33.3 Å². The molecule has 1 aromatic rings. The number of halogens is 1. The maximum atomic E-state index is 12.7. The Balaban J connectivity index is 2.54. The molecule has 0 spiro atoms. The molecule has 0 fully saturated rings. The van der Waals surface area contributed by atoms with E-state index in [9.17, 15) is 9.18 Å². The summed E-state index contributed by atoms with van der Waals surface area (Å²) < 4.78 is 17.8. The summed E-state index contributed by atoms with van der Waals surface area (Å²) >= 11 is 0. The zero-order valence-electron chi connectivity index (χ0n) is 11.6. The lowest BCUT2D eigenvalue weighted by Gasteiger charge is -2.20. The normalized spacial score (nSPS) is 12.1. The average Bonchev–Trinajstić information content (AvgIpc) is 2.25. The Labute approximate surface area is 113 Å². The molecule has 1 N–H and O–H groups in total. The first kappa shape index (κ1) is 15.0. The molecule has 0 aromatic heterocycles. The Bertz CT molecular complexity index is 492. The highest BCUT2D eigenvalue weighted by molar-refractivity contribution is 5.68. The van der Waals surface area contributed by atoms with Gasteiger partial charge in [-0.25, -0.2) is 9.18 Å². The van der Waals surface area contributed by atoms with Crippen molar-refractivity contribution in [1.82, 2.24) is 5.32 Å². The fourth-order valence-corrected chi connectivity index (χ4v) is 1.25. The Kier molecular flexibility index (Phi) is 4.94. The molecule has 0 aliphatic rings. The molecule has 3 nitrogen and oxygen atoms in total. The summed E-state index contributed by atoms with van der Waals surface area (Å²) in [6.45, 7) is 7.13. The highest BCUT2D eigenvalue weighted by Gasteiger charge is 2.16. The lowest BCUT2D eigenvalue weighted by atomic mass is 10.2. The zero-order chi connectivity index (χ0) is 14.5. The van der Waals surface area contributed by atoms with E-state index in [0.29, 0.717) is 5.56 Å². The quantitative estimate of drug-likeness (QED) is 0.791.